The van der Waals surface area contributed by atoms with Gasteiger partial charge in [0.05, 0.1) is 24.2 Å². The zero-order chi connectivity index (χ0) is 18.4. The second kappa shape index (κ2) is 8.03. The van der Waals surface area contributed by atoms with Crippen molar-refractivity contribution in [3.63, 3.8) is 0 Å². The summed E-state index contributed by atoms with van der Waals surface area (Å²) in [6.07, 6.45) is 3.85. The number of hydrogen-bond acceptors (Lipinski definition) is 3. The first kappa shape index (κ1) is 18.8. The van der Waals surface area contributed by atoms with Crippen LogP contribution in [-0.2, 0) is 16.4 Å². The molecule has 0 aliphatic heterocycles. The van der Waals surface area contributed by atoms with E-state index in [4.69, 9.17) is 4.74 Å². The van der Waals surface area contributed by atoms with Crippen LogP contribution in [0, 0.1) is 6.92 Å². The van der Waals surface area contributed by atoms with Gasteiger partial charge in [0.15, 0.2) is 0 Å². The molecule has 0 unspecified atom stereocenters. The standard InChI is InChI=1S/C20H23NO3S/c1-5-7-17-15-18(24-4)10-13-20(17)21(14-6-2)25(22,23)19-11-8-16(3)9-12-19/h5-6,8-13,15H,1-2,7,14H2,3-4H3. The van der Waals surface area contributed by atoms with Crippen molar-refractivity contribution in [2.45, 2.75) is 18.2 Å². The molecule has 0 radical (unpaired) electrons. The summed E-state index contributed by atoms with van der Waals surface area (Å²) in [5.41, 5.74) is 2.43. The van der Waals surface area contributed by atoms with Crippen molar-refractivity contribution in [3.8, 4) is 5.75 Å². The molecule has 0 fully saturated rings. The fraction of sp³-hybridized carbons (Fsp3) is 0.200. The fourth-order valence-electron chi connectivity index (χ4n) is 2.53. The molecule has 0 saturated heterocycles. The van der Waals surface area contributed by atoms with Crippen LogP contribution in [-0.4, -0.2) is 22.1 Å². The van der Waals surface area contributed by atoms with E-state index in [1.165, 1.54) is 4.31 Å². The van der Waals surface area contributed by atoms with Crippen LogP contribution in [0.5, 0.6) is 5.75 Å². The van der Waals surface area contributed by atoms with Gasteiger partial charge in [-0.05, 0) is 49.2 Å². The van der Waals surface area contributed by atoms with Gasteiger partial charge in [-0.15, -0.1) is 13.2 Å². The summed E-state index contributed by atoms with van der Waals surface area (Å²) in [4.78, 5) is 0.250. The minimum atomic E-state index is -3.71. The first-order valence-electron chi connectivity index (χ1n) is 7.92. The van der Waals surface area contributed by atoms with Gasteiger partial charge in [0.25, 0.3) is 10.0 Å². The molecule has 5 heteroatoms. The summed E-state index contributed by atoms with van der Waals surface area (Å²) in [7, 11) is -2.13. The van der Waals surface area contributed by atoms with E-state index in [1.54, 1.807) is 55.7 Å². The Kier molecular flexibility index (Phi) is 6.04. The Morgan fingerprint density at radius 1 is 1.08 bits per heavy atom. The van der Waals surface area contributed by atoms with E-state index >= 15 is 0 Å². The Labute approximate surface area is 150 Å². The summed E-state index contributed by atoms with van der Waals surface area (Å²) in [5, 5.41) is 0. The quantitative estimate of drug-likeness (QED) is 0.668. The molecular weight excluding hydrogens is 334 g/mol. The molecule has 132 valence electrons. The summed E-state index contributed by atoms with van der Waals surface area (Å²) in [5.74, 6) is 0.673. The number of anilines is 1. The zero-order valence-corrected chi connectivity index (χ0v) is 15.4. The Bertz CT molecular complexity index is 855. The molecule has 2 aromatic carbocycles. The minimum Gasteiger partial charge on any atom is -0.497 e. The number of ether oxygens (including phenoxy) is 1. The van der Waals surface area contributed by atoms with Crippen LogP contribution < -0.4 is 9.04 Å². The average Bonchev–Trinajstić information content (AvgIpc) is 2.60. The maximum absolute atomic E-state index is 13.2. The lowest BCUT2D eigenvalue weighted by Gasteiger charge is -2.26. The molecule has 0 aliphatic carbocycles. The Hall–Kier alpha value is -2.53. The van der Waals surface area contributed by atoms with Gasteiger partial charge in [0.2, 0.25) is 0 Å². The number of sulfonamides is 1. The third-order valence-electron chi connectivity index (χ3n) is 3.82. The average molecular weight is 357 g/mol. The van der Waals surface area contributed by atoms with Gasteiger partial charge in [-0.1, -0.05) is 29.8 Å². The van der Waals surface area contributed by atoms with Crippen molar-refractivity contribution >= 4 is 15.7 Å². The lowest BCUT2D eigenvalue weighted by molar-refractivity contribution is 0.414. The molecular formula is C20H23NO3S. The molecule has 2 aromatic rings. The van der Waals surface area contributed by atoms with Gasteiger partial charge in [0.1, 0.15) is 5.75 Å². The fourth-order valence-corrected chi connectivity index (χ4v) is 4.01. The second-order valence-corrected chi connectivity index (χ2v) is 7.49. The van der Waals surface area contributed by atoms with E-state index in [1.807, 2.05) is 13.0 Å². The van der Waals surface area contributed by atoms with E-state index in [0.29, 0.717) is 17.9 Å². The van der Waals surface area contributed by atoms with E-state index in [9.17, 15) is 8.42 Å². The molecule has 0 saturated carbocycles. The van der Waals surface area contributed by atoms with Gasteiger partial charge in [-0.2, -0.15) is 0 Å². The highest BCUT2D eigenvalue weighted by atomic mass is 32.2. The third-order valence-corrected chi connectivity index (χ3v) is 5.62. The maximum Gasteiger partial charge on any atom is 0.264 e. The first-order valence-corrected chi connectivity index (χ1v) is 9.36. The molecule has 0 N–H and O–H groups in total. The van der Waals surface area contributed by atoms with E-state index < -0.39 is 10.0 Å². The molecule has 0 amide bonds. The van der Waals surface area contributed by atoms with Crippen LogP contribution in [0.1, 0.15) is 11.1 Å². The zero-order valence-electron chi connectivity index (χ0n) is 14.6. The lowest BCUT2D eigenvalue weighted by atomic mass is 10.1. The summed E-state index contributed by atoms with van der Waals surface area (Å²) in [6.45, 7) is 9.56. The van der Waals surface area contributed by atoms with E-state index in [-0.39, 0.29) is 11.4 Å². The number of aryl methyl sites for hydroxylation is 1. The minimum absolute atomic E-state index is 0.173. The maximum atomic E-state index is 13.2. The predicted molar refractivity (Wildman–Crippen MR) is 103 cm³/mol. The monoisotopic (exact) mass is 357 g/mol. The Morgan fingerprint density at radius 2 is 1.76 bits per heavy atom. The van der Waals surface area contributed by atoms with Gasteiger partial charge in [0, 0.05) is 0 Å². The normalized spacial score (nSPS) is 11.0. The van der Waals surface area contributed by atoms with Crippen molar-refractivity contribution in [2.24, 2.45) is 0 Å². The van der Waals surface area contributed by atoms with Gasteiger partial charge >= 0.3 is 0 Å². The molecule has 0 spiro atoms. The van der Waals surface area contributed by atoms with Crippen molar-refractivity contribution < 1.29 is 13.2 Å². The third kappa shape index (κ3) is 4.12. The molecule has 0 heterocycles. The highest BCUT2D eigenvalue weighted by Crippen LogP contribution is 2.30. The largest absolute Gasteiger partial charge is 0.497 e. The van der Waals surface area contributed by atoms with Crippen LogP contribution in [0.3, 0.4) is 0 Å². The summed E-state index contributed by atoms with van der Waals surface area (Å²) < 4.78 is 33.0. The van der Waals surface area contributed by atoms with Crippen LogP contribution in [0.25, 0.3) is 0 Å². The molecule has 25 heavy (non-hydrogen) atoms. The van der Waals surface area contributed by atoms with Crippen molar-refractivity contribution in [2.75, 3.05) is 18.0 Å². The SMILES string of the molecule is C=CCc1cc(OC)ccc1N(CC=C)S(=O)(=O)c1ccc(C)cc1. The number of methoxy groups -OCH3 is 1. The molecule has 0 atom stereocenters. The molecule has 0 bridgehead atoms. The van der Waals surface area contributed by atoms with Gasteiger partial charge in [-0.25, -0.2) is 8.42 Å². The van der Waals surface area contributed by atoms with E-state index in [2.05, 4.69) is 13.2 Å². The Balaban J connectivity index is 2.59. The molecule has 4 nitrogen and oxygen atoms in total. The van der Waals surface area contributed by atoms with Crippen LogP contribution in [0.15, 0.2) is 72.7 Å². The summed E-state index contributed by atoms with van der Waals surface area (Å²) in [6, 6.07) is 12.2. The molecule has 0 aromatic heterocycles. The van der Waals surface area contributed by atoms with Crippen LogP contribution in [0.4, 0.5) is 5.69 Å². The van der Waals surface area contributed by atoms with Crippen molar-refractivity contribution in [1.29, 1.82) is 0 Å². The topological polar surface area (TPSA) is 46.6 Å². The molecule has 0 aliphatic rings. The van der Waals surface area contributed by atoms with Gasteiger partial charge < -0.3 is 4.74 Å². The number of benzene rings is 2. The Morgan fingerprint density at radius 3 is 2.32 bits per heavy atom. The molecule has 2 rings (SSSR count). The predicted octanol–water partition coefficient (Wildman–Crippen LogP) is 4.11. The number of hydrogen-bond donors (Lipinski definition) is 0. The summed E-state index contributed by atoms with van der Waals surface area (Å²) >= 11 is 0. The van der Waals surface area contributed by atoms with Crippen molar-refractivity contribution in [3.05, 3.63) is 78.9 Å². The van der Waals surface area contributed by atoms with Crippen molar-refractivity contribution in [1.82, 2.24) is 0 Å². The highest BCUT2D eigenvalue weighted by molar-refractivity contribution is 7.92. The number of rotatable bonds is 8. The van der Waals surface area contributed by atoms with Crippen LogP contribution in [0.2, 0.25) is 0 Å². The lowest BCUT2D eigenvalue weighted by Crippen LogP contribution is -2.32. The van der Waals surface area contributed by atoms with E-state index in [0.717, 1.165) is 11.1 Å². The highest BCUT2D eigenvalue weighted by Gasteiger charge is 2.25. The second-order valence-electron chi connectivity index (χ2n) is 5.63. The first-order chi connectivity index (χ1) is 11.9. The smallest absolute Gasteiger partial charge is 0.264 e. The number of nitrogens with zero attached hydrogens (tertiary/aromatic N) is 1. The number of allylic oxidation sites excluding steroid dienone is 1. The van der Waals surface area contributed by atoms with Crippen LogP contribution >= 0.6 is 0 Å². The van der Waals surface area contributed by atoms with Gasteiger partial charge in [-0.3, -0.25) is 4.31 Å².